The van der Waals surface area contributed by atoms with E-state index < -0.39 is 0 Å². The van der Waals surface area contributed by atoms with E-state index in [2.05, 4.69) is 9.97 Å². The minimum absolute atomic E-state index is 0.178. The smallest absolute Gasteiger partial charge is 0.270 e. The zero-order valence-corrected chi connectivity index (χ0v) is 15.4. The number of amides is 1. The van der Waals surface area contributed by atoms with Gasteiger partial charge in [-0.25, -0.2) is 4.98 Å². The van der Waals surface area contributed by atoms with Crippen LogP contribution in [0.4, 0.5) is 5.69 Å². The number of nitrogens with zero attached hydrogens (tertiary/aromatic N) is 3. The van der Waals surface area contributed by atoms with Gasteiger partial charge in [0.2, 0.25) is 0 Å². The van der Waals surface area contributed by atoms with E-state index in [0.717, 1.165) is 11.0 Å². The molecule has 5 nitrogen and oxygen atoms in total. The third-order valence-electron chi connectivity index (χ3n) is 3.85. The van der Waals surface area contributed by atoms with E-state index in [4.69, 9.17) is 17.0 Å². The maximum atomic E-state index is 12.8. The van der Waals surface area contributed by atoms with Crippen LogP contribution in [0.25, 0.3) is 17.1 Å². The second kappa shape index (κ2) is 6.86. The van der Waals surface area contributed by atoms with Gasteiger partial charge in [-0.05, 0) is 30.3 Å². The summed E-state index contributed by atoms with van der Waals surface area (Å²) in [5.41, 5.74) is 2.90. The summed E-state index contributed by atoms with van der Waals surface area (Å²) in [4.78, 5) is 23.8. The average Bonchev–Trinajstić information content (AvgIpc) is 2.95. The van der Waals surface area contributed by atoms with Crippen LogP contribution in [0.3, 0.4) is 0 Å². The van der Waals surface area contributed by atoms with Crippen molar-refractivity contribution in [1.29, 1.82) is 0 Å². The van der Waals surface area contributed by atoms with Crippen molar-refractivity contribution in [2.75, 3.05) is 12.0 Å². The monoisotopic (exact) mass is 379 g/mol. The molecule has 1 amide bonds. The van der Waals surface area contributed by atoms with E-state index in [0.29, 0.717) is 26.4 Å². The first-order valence-electron chi connectivity index (χ1n) is 7.79. The second-order valence-electron chi connectivity index (χ2n) is 5.50. The Balaban J connectivity index is 1.68. The summed E-state index contributed by atoms with van der Waals surface area (Å²) in [5.74, 6) is 0.490. The molecule has 7 heteroatoms. The SMILES string of the molecule is COc1cccc(N2C(=O)C(=Cc3cnc4ccccc4n3)SC2=S)c1. The molecule has 1 aliphatic heterocycles. The van der Waals surface area contributed by atoms with Crippen LogP contribution in [0, 0.1) is 0 Å². The summed E-state index contributed by atoms with van der Waals surface area (Å²) in [6.45, 7) is 0. The summed E-state index contributed by atoms with van der Waals surface area (Å²) in [6.07, 6.45) is 3.37. The van der Waals surface area contributed by atoms with E-state index in [1.807, 2.05) is 42.5 Å². The Hall–Kier alpha value is -2.77. The normalized spacial score (nSPS) is 15.9. The fourth-order valence-electron chi connectivity index (χ4n) is 2.62. The fraction of sp³-hybridized carbons (Fsp3) is 0.0526. The molecule has 0 N–H and O–H groups in total. The predicted octanol–water partition coefficient (Wildman–Crippen LogP) is 4.04. The molecule has 1 saturated heterocycles. The second-order valence-corrected chi connectivity index (χ2v) is 7.18. The molecule has 128 valence electrons. The first-order valence-corrected chi connectivity index (χ1v) is 9.02. The molecule has 0 saturated carbocycles. The van der Waals surface area contributed by atoms with Gasteiger partial charge in [-0.3, -0.25) is 14.7 Å². The number of carbonyl (C=O) groups excluding carboxylic acids is 1. The van der Waals surface area contributed by atoms with Crippen molar-refractivity contribution in [2.45, 2.75) is 0 Å². The number of rotatable bonds is 3. The number of fused-ring (bicyclic) bond motifs is 1. The van der Waals surface area contributed by atoms with Gasteiger partial charge in [0, 0.05) is 6.07 Å². The summed E-state index contributed by atoms with van der Waals surface area (Å²) >= 11 is 6.65. The van der Waals surface area contributed by atoms with Crippen LogP contribution >= 0.6 is 24.0 Å². The Morgan fingerprint density at radius 1 is 1.15 bits per heavy atom. The van der Waals surface area contributed by atoms with Crippen LogP contribution in [-0.4, -0.2) is 27.3 Å². The third-order valence-corrected chi connectivity index (χ3v) is 5.15. The van der Waals surface area contributed by atoms with Crippen molar-refractivity contribution in [1.82, 2.24) is 9.97 Å². The molecule has 1 aliphatic rings. The number of aromatic nitrogens is 2. The first kappa shape index (κ1) is 16.7. The van der Waals surface area contributed by atoms with Crippen molar-refractivity contribution < 1.29 is 9.53 Å². The molecule has 0 aliphatic carbocycles. The quantitative estimate of drug-likeness (QED) is 0.506. The van der Waals surface area contributed by atoms with Crippen LogP contribution in [0.1, 0.15) is 5.69 Å². The molecule has 26 heavy (non-hydrogen) atoms. The molecular formula is C19H13N3O2S2. The topological polar surface area (TPSA) is 55.3 Å². The molecule has 3 aromatic rings. The number of benzene rings is 2. The van der Waals surface area contributed by atoms with Gasteiger partial charge in [0.15, 0.2) is 4.32 Å². The van der Waals surface area contributed by atoms with E-state index in [1.54, 1.807) is 25.4 Å². The van der Waals surface area contributed by atoms with Crippen molar-refractivity contribution in [3.05, 3.63) is 65.3 Å². The van der Waals surface area contributed by atoms with Gasteiger partial charge in [0.05, 0.1) is 40.6 Å². The molecule has 4 rings (SSSR count). The van der Waals surface area contributed by atoms with Gasteiger partial charge in [-0.15, -0.1) is 0 Å². The number of hydrogen-bond acceptors (Lipinski definition) is 6. The van der Waals surface area contributed by atoms with E-state index in [9.17, 15) is 4.79 Å². The maximum Gasteiger partial charge on any atom is 0.270 e. The average molecular weight is 379 g/mol. The van der Waals surface area contributed by atoms with Crippen LogP contribution in [-0.2, 0) is 4.79 Å². The molecule has 0 unspecified atom stereocenters. The Labute approximate surface area is 159 Å². The van der Waals surface area contributed by atoms with Crippen molar-refractivity contribution in [3.8, 4) is 5.75 Å². The Kier molecular flexibility index (Phi) is 4.40. The Morgan fingerprint density at radius 2 is 1.96 bits per heavy atom. The molecule has 2 heterocycles. The summed E-state index contributed by atoms with van der Waals surface area (Å²) < 4.78 is 5.70. The fourth-order valence-corrected chi connectivity index (χ4v) is 3.90. The molecule has 2 aromatic carbocycles. The van der Waals surface area contributed by atoms with E-state index in [-0.39, 0.29) is 5.91 Å². The highest BCUT2D eigenvalue weighted by molar-refractivity contribution is 8.27. The zero-order valence-electron chi connectivity index (χ0n) is 13.7. The standard InChI is InChI=1S/C19H13N3O2S2/c1-24-14-6-4-5-13(10-14)22-18(23)17(26-19(22)25)9-12-11-20-15-7-2-3-8-16(15)21-12/h2-11H,1H3. The van der Waals surface area contributed by atoms with Gasteiger partial charge in [-0.1, -0.05) is 42.2 Å². The van der Waals surface area contributed by atoms with Crippen molar-refractivity contribution in [2.24, 2.45) is 0 Å². The number of para-hydroxylation sites is 2. The summed E-state index contributed by atoms with van der Waals surface area (Å²) in [5, 5.41) is 0. The predicted molar refractivity (Wildman–Crippen MR) is 108 cm³/mol. The van der Waals surface area contributed by atoms with Crippen LogP contribution in [0.5, 0.6) is 5.75 Å². The van der Waals surface area contributed by atoms with Crippen LogP contribution < -0.4 is 9.64 Å². The molecular weight excluding hydrogens is 366 g/mol. The van der Waals surface area contributed by atoms with Gasteiger partial charge in [0.25, 0.3) is 5.91 Å². The number of methoxy groups -OCH3 is 1. The van der Waals surface area contributed by atoms with Gasteiger partial charge in [0.1, 0.15) is 5.75 Å². The molecule has 1 aromatic heterocycles. The van der Waals surface area contributed by atoms with Gasteiger partial charge >= 0.3 is 0 Å². The lowest BCUT2D eigenvalue weighted by atomic mass is 10.2. The lowest BCUT2D eigenvalue weighted by Crippen LogP contribution is -2.27. The number of carbonyl (C=O) groups is 1. The number of ether oxygens (including phenoxy) is 1. The molecule has 0 bridgehead atoms. The van der Waals surface area contributed by atoms with Crippen LogP contribution in [0.2, 0.25) is 0 Å². The number of thioether (sulfide) groups is 1. The van der Waals surface area contributed by atoms with Crippen molar-refractivity contribution in [3.63, 3.8) is 0 Å². The molecule has 0 atom stereocenters. The number of thiocarbonyl (C=S) groups is 1. The minimum Gasteiger partial charge on any atom is -0.497 e. The number of anilines is 1. The Morgan fingerprint density at radius 3 is 2.77 bits per heavy atom. The van der Waals surface area contributed by atoms with Gasteiger partial charge < -0.3 is 4.74 Å². The lowest BCUT2D eigenvalue weighted by Gasteiger charge is -2.15. The highest BCUT2D eigenvalue weighted by Gasteiger charge is 2.33. The zero-order chi connectivity index (χ0) is 18.1. The maximum absolute atomic E-state index is 12.8. The molecule has 0 radical (unpaired) electrons. The summed E-state index contributed by atoms with van der Waals surface area (Å²) in [7, 11) is 1.59. The summed E-state index contributed by atoms with van der Waals surface area (Å²) in [6, 6.07) is 14.9. The highest BCUT2D eigenvalue weighted by Crippen LogP contribution is 2.36. The molecule has 1 fully saturated rings. The van der Waals surface area contributed by atoms with Crippen LogP contribution in [0.15, 0.2) is 59.6 Å². The number of hydrogen-bond donors (Lipinski definition) is 0. The third kappa shape index (κ3) is 3.07. The van der Waals surface area contributed by atoms with E-state index >= 15 is 0 Å². The highest BCUT2D eigenvalue weighted by atomic mass is 32.2. The van der Waals surface area contributed by atoms with Gasteiger partial charge in [-0.2, -0.15) is 0 Å². The lowest BCUT2D eigenvalue weighted by molar-refractivity contribution is -0.113. The largest absolute Gasteiger partial charge is 0.497 e. The first-order chi connectivity index (χ1) is 12.7. The van der Waals surface area contributed by atoms with Crippen molar-refractivity contribution >= 4 is 57.0 Å². The molecule has 0 spiro atoms. The minimum atomic E-state index is -0.178. The Bertz CT molecular complexity index is 1070. The van der Waals surface area contributed by atoms with E-state index in [1.165, 1.54) is 16.7 Å².